The normalized spacial score (nSPS) is 39.2. The molecule has 3 aliphatic rings. The zero-order valence-corrected chi connectivity index (χ0v) is 17.9. The summed E-state index contributed by atoms with van der Waals surface area (Å²) >= 11 is 0. The number of carbonyl (C=O) groups is 3. The van der Waals surface area contributed by atoms with Gasteiger partial charge in [0.1, 0.15) is 11.6 Å². The minimum absolute atomic E-state index is 0.0476. The lowest BCUT2D eigenvalue weighted by atomic mass is 9.46. The van der Waals surface area contributed by atoms with Gasteiger partial charge in [0.25, 0.3) is 0 Å². The van der Waals surface area contributed by atoms with E-state index in [1.807, 2.05) is 0 Å². The molecule has 3 aliphatic carbocycles. The van der Waals surface area contributed by atoms with Crippen LogP contribution < -0.4 is 0 Å². The molecular weight excluding hydrogens is 362 g/mol. The number of rotatable bonds is 3. The van der Waals surface area contributed by atoms with Gasteiger partial charge in [-0.3, -0.25) is 19.4 Å². The third-order valence-corrected chi connectivity index (χ3v) is 8.79. The number of nitrogens with zero attached hydrogens (tertiary/aromatic N) is 1. The van der Waals surface area contributed by atoms with Crippen LogP contribution in [0.1, 0.15) is 70.2 Å². The van der Waals surface area contributed by atoms with Crippen molar-refractivity contribution in [1.82, 2.24) is 4.98 Å². The molecule has 6 atom stereocenters. The van der Waals surface area contributed by atoms with Gasteiger partial charge in [0.2, 0.25) is 0 Å². The van der Waals surface area contributed by atoms with Gasteiger partial charge < -0.3 is 0 Å². The van der Waals surface area contributed by atoms with E-state index < -0.39 is 5.92 Å². The van der Waals surface area contributed by atoms with E-state index in [-0.39, 0.29) is 28.2 Å². The largest absolute Gasteiger partial charge is 0.299 e. The first-order valence-electron chi connectivity index (χ1n) is 10.9. The molecule has 2 saturated carbocycles. The minimum Gasteiger partial charge on any atom is -0.299 e. The lowest BCUT2D eigenvalue weighted by Gasteiger charge is -2.57. The Morgan fingerprint density at radius 1 is 1.17 bits per heavy atom. The maximum absolute atomic E-state index is 13.1. The van der Waals surface area contributed by atoms with Crippen molar-refractivity contribution >= 4 is 17.3 Å². The number of hydrogen-bond acceptors (Lipinski definition) is 4. The summed E-state index contributed by atoms with van der Waals surface area (Å²) in [6.45, 7) is 8.34. The molecule has 0 aromatic carbocycles. The van der Waals surface area contributed by atoms with Crippen LogP contribution in [-0.2, 0) is 9.59 Å². The monoisotopic (exact) mass is 393 g/mol. The van der Waals surface area contributed by atoms with Crippen molar-refractivity contribution in [2.45, 2.75) is 59.8 Å². The molecule has 0 amide bonds. The van der Waals surface area contributed by atoms with Gasteiger partial charge in [-0.15, -0.1) is 0 Å². The van der Waals surface area contributed by atoms with Crippen LogP contribution in [0, 0.1) is 34.5 Å². The highest BCUT2D eigenvalue weighted by atomic mass is 16.2. The van der Waals surface area contributed by atoms with Gasteiger partial charge in [-0.1, -0.05) is 32.4 Å². The van der Waals surface area contributed by atoms with E-state index in [4.69, 9.17) is 0 Å². The summed E-state index contributed by atoms with van der Waals surface area (Å²) in [6.07, 6.45) is 9.27. The van der Waals surface area contributed by atoms with Gasteiger partial charge in [0.15, 0.2) is 5.78 Å². The van der Waals surface area contributed by atoms with Crippen LogP contribution in [0.15, 0.2) is 36.2 Å². The van der Waals surface area contributed by atoms with Crippen LogP contribution in [0.25, 0.3) is 0 Å². The Morgan fingerprint density at radius 2 is 1.86 bits per heavy atom. The van der Waals surface area contributed by atoms with E-state index in [1.54, 1.807) is 31.5 Å². The lowest BCUT2D eigenvalue weighted by molar-refractivity contribution is -0.137. The van der Waals surface area contributed by atoms with E-state index in [1.165, 1.54) is 5.57 Å². The third kappa shape index (κ3) is 3.03. The van der Waals surface area contributed by atoms with Crippen molar-refractivity contribution in [3.63, 3.8) is 0 Å². The summed E-state index contributed by atoms with van der Waals surface area (Å²) in [4.78, 5) is 42.4. The van der Waals surface area contributed by atoms with Gasteiger partial charge in [0.05, 0.1) is 5.92 Å². The van der Waals surface area contributed by atoms with Crippen molar-refractivity contribution in [3.05, 3.63) is 41.7 Å². The highest BCUT2D eigenvalue weighted by Gasteiger charge is 2.56. The van der Waals surface area contributed by atoms with Crippen LogP contribution in [0.2, 0.25) is 0 Å². The topological polar surface area (TPSA) is 64.1 Å². The maximum atomic E-state index is 13.1. The van der Waals surface area contributed by atoms with E-state index in [0.717, 1.165) is 19.3 Å². The zero-order valence-electron chi connectivity index (χ0n) is 17.9. The summed E-state index contributed by atoms with van der Waals surface area (Å²) < 4.78 is 0. The van der Waals surface area contributed by atoms with E-state index in [2.05, 4.69) is 31.8 Å². The Bertz CT molecular complexity index is 889. The standard InChI is InChI=1S/C25H31NO3/c1-15-19-6-5-18-13-22(28)20(23(29)17-8-11-26-12-9-17)14-25(18,4)21(19)7-10-24(15,3)16(2)27/h5,8-9,11-12,15,19-21H,6-7,10,13-14H2,1-4H3. The summed E-state index contributed by atoms with van der Waals surface area (Å²) in [6, 6.07) is 3.40. The van der Waals surface area contributed by atoms with E-state index >= 15 is 0 Å². The number of hydrogen-bond donors (Lipinski definition) is 0. The summed E-state index contributed by atoms with van der Waals surface area (Å²) in [7, 11) is 0. The van der Waals surface area contributed by atoms with Crippen LogP contribution in [0.4, 0.5) is 0 Å². The number of pyridine rings is 1. The first kappa shape index (κ1) is 20.2. The molecule has 0 radical (unpaired) electrons. The number of aromatic nitrogens is 1. The van der Waals surface area contributed by atoms with Crippen molar-refractivity contribution < 1.29 is 14.4 Å². The Morgan fingerprint density at radius 3 is 2.52 bits per heavy atom. The average molecular weight is 394 g/mol. The van der Waals surface area contributed by atoms with Crippen LogP contribution >= 0.6 is 0 Å². The first-order valence-corrected chi connectivity index (χ1v) is 10.9. The molecular formula is C25H31NO3. The maximum Gasteiger partial charge on any atom is 0.173 e. The molecule has 0 N–H and O–H groups in total. The minimum atomic E-state index is -0.574. The molecule has 0 saturated heterocycles. The molecule has 29 heavy (non-hydrogen) atoms. The Labute approximate surface area is 173 Å². The number of fused-ring (bicyclic) bond motifs is 3. The van der Waals surface area contributed by atoms with Crippen molar-refractivity contribution in [3.8, 4) is 0 Å². The fourth-order valence-electron chi connectivity index (χ4n) is 6.49. The molecule has 1 aromatic heterocycles. The Kier molecular flexibility index (Phi) is 4.87. The molecule has 154 valence electrons. The highest BCUT2D eigenvalue weighted by molar-refractivity contribution is 6.11. The molecule has 6 unspecified atom stereocenters. The lowest BCUT2D eigenvalue weighted by Crippen LogP contribution is -2.53. The molecule has 4 heteroatoms. The molecule has 0 bridgehead atoms. The second-order valence-corrected chi connectivity index (χ2v) is 9.95. The SMILES string of the molecule is CC(=O)C1(C)CCC2C(CC=C3CC(=O)C(C(=O)c4ccncc4)CC32C)C1C. The smallest absolute Gasteiger partial charge is 0.173 e. The van der Waals surface area contributed by atoms with Crippen LogP contribution in [0.5, 0.6) is 0 Å². The molecule has 4 rings (SSSR count). The predicted octanol–water partition coefficient (Wildman–Crippen LogP) is 4.84. The third-order valence-electron chi connectivity index (χ3n) is 8.79. The molecule has 0 spiro atoms. The van der Waals surface area contributed by atoms with Crippen molar-refractivity contribution in [1.29, 1.82) is 0 Å². The van der Waals surface area contributed by atoms with Gasteiger partial charge >= 0.3 is 0 Å². The second kappa shape index (κ2) is 7.00. The fourth-order valence-corrected chi connectivity index (χ4v) is 6.49. The molecule has 4 nitrogen and oxygen atoms in total. The van der Waals surface area contributed by atoms with Gasteiger partial charge in [-0.2, -0.15) is 0 Å². The van der Waals surface area contributed by atoms with Gasteiger partial charge in [-0.05, 0) is 67.9 Å². The van der Waals surface area contributed by atoms with Crippen molar-refractivity contribution in [2.75, 3.05) is 0 Å². The molecule has 0 aliphatic heterocycles. The average Bonchev–Trinajstić information content (AvgIpc) is 2.70. The highest BCUT2D eigenvalue weighted by Crippen LogP contribution is 2.61. The quantitative estimate of drug-likeness (QED) is 0.419. The number of carbonyl (C=O) groups excluding carboxylic acids is 3. The molecule has 2 fully saturated rings. The number of allylic oxidation sites excluding steroid dienone is 2. The Balaban J connectivity index is 1.66. The Hall–Kier alpha value is -2.10. The van der Waals surface area contributed by atoms with Crippen LogP contribution in [-0.4, -0.2) is 22.3 Å². The molecule has 1 heterocycles. The van der Waals surface area contributed by atoms with Gasteiger partial charge in [0, 0.05) is 29.8 Å². The second-order valence-electron chi connectivity index (χ2n) is 9.95. The summed E-state index contributed by atoms with van der Waals surface area (Å²) in [5, 5.41) is 0. The van der Waals surface area contributed by atoms with E-state index in [0.29, 0.717) is 36.2 Å². The number of Topliss-reactive ketones (excluding diaryl/α,β-unsaturated/α-hetero) is 3. The summed E-state index contributed by atoms with van der Waals surface area (Å²) in [5.74, 6) is 0.841. The van der Waals surface area contributed by atoms with Crippen LogP contribution in [0.3, 0.4) is 0 Å². The molecule has 1 aromatic rings. The summed E-state index contributed by atoms with van der Waals surface area (Å²) in [5.41, 5.74) is 1.39. The first-order chi connectivity index (χ1) is 13.7. The van der Waals surface area contributed by atoms with E-state index in [9.17, 15) is 14.4 Å². The zero-order chi connectivity index (χ0) is 21.0. The predicted molar refractivity (Wildman–Crippen MR) is 111 cm³/mol. The van der Waals surface area contributed by atoms with Crippen molar-refractivity contribution in [2.24, 2.45) is 34.5 Å². The van der Waals surface area contributed by atoms with Gasteiger partial charge in [-0.25, -0.2) is 0 Å². The fraction of sp³-hybridized carbons (Fsp3) is 0.600. The number of ketones is 3.